The third-order valence-electron chi connectivity index (χ3n) is 5.00. The van der Waals surface area contributed by atoms with Crippen molar-refractivity contribution in [2.45, 2.75) is 13.0 Å². The average molecular weight is 410 g/mol. The van der Waals surface area contributed by atoms with E-state index >= 15 is 0 Å². The van der Waals surface area contributed by atoms with Crippen molar-refractivity contribution < 1.29 is 19.3 Å². The van der Waals surface area contributed by atoms with E-state index in [2.05, 4.69) is 5.32 Å². The van der Waals surface area contributed by atoms with Gasteiger partial charge in [0.05, 0.1) is 12.8 Å². The number of carbonyl (C=O) groups excluding carboxylic acids is 1. The number of halogens is 1. The van der Waals surface area contributed by atoms with Gasteiger partial charge in [0.2, 0.25) is 0 Å². The number of ether oxygens (including phenoxy) is 1. The van der Waals surface area contributed by atoms with Crippen molar-refractivity contribution in [2.24, 2.45) is 0 Å². The van der Waals surface area contributed by atoms with Crippen LogP contribution in [0.5, 0.6) is 5.75 Å². The molecule has 4 aromatic rings. The molecule has 4 rings (SSSR count). The monoisotopic (exact) mass is 409 g/mol. The Labute approximate surface area is 173 Å². The summed E-state index contributed by atoms with van der Waals surface area (Å²) in [7, 11) is 1.59. The SMILES string of the molecule is COc1cc2c(cc1NC(=O)C[NH2+][C@@H](C)c1cccc(Cl)c1)oc1ccccc12. The van der Waals surface area contributed by atoms with Crippen molar-refractivity contribution >= 4 is 45.1 Å². The molecule has 0 saturated heterocycles. The largest absolute Gasteiger partial charge is 0.495 e. The molecule has 0 radical (unpaired) electrons. The molecule has 0 saturated carbocycles. The van der Waals surface area contributed by atoms with Crippen LogP contribution in [0.2, 0.25) is 5.02 Å². The van der Waals surface area contributed by atoms with Crippen LogP contribution in [0.25, 0.3) is 21.9 Å². The van der Waals surface area contributed by atoms with Gasteiger partial charge in [0.15, 0.2) is 6.54 Å². The first-order valence-electron chi connectivity index (χ1n) is 9.43. The highest BCUT2D eigenvalue weighted by Crippen LogP contribution is 2.36. The number of benzene rings is 3. The number of nitrogens with one attached hydrogen (secondary N) is 1. The molecule has 3 N–H and O–H groups in total. The maximum absolute atomic E-state index is 12.5. The molecule has 1 aromatic heterocycles. The van der Waals surface area contributed by atoms with Gasteiger partial charge >= 0.3 is 0 Å². The molecule has 0 spiro atoms. The van der Waals surface area contributed by atoms with E-state index in [9.17, 15) is 4.79 Å². The maximum Gasteiger partial charge on any atom is 0.279 e. The zero-order chi connectivity index (χ0) is 20.4. The second-order valence-corrected chi connectivity index (χ2v) is 7.41. The highest BCUT2D eigenvalue weighted by molar-refractivity contribution is 6.30. The molecular weight excluding hydrogens is 388 g/mol. The third kappa shape index (κ3) is 4.06. The molecule has 148 valence electrons. The number of anilines is 1. The molecule has 1 atom stereocenters. The van der Waals surface area contributed by atoms with Gasteiger partial charge in [-0.25, -0.2) is 0 Å². The Balaban J connectivity index is 1.50. The molecule has 5 nitrogen and oxygen atoms in total. The molecular formula is C23H22ClN2O3+. The summed E-state index contributed by atoms with van der Waals surface area (Å²) in [5, 5.41) is 7.56. The molecule has 29 heavy (non-hydrogen) atoms. The van der Waals surface area contributed by atoms with Crippen LogP contribution >= 0.6 is 11.6 Å². The second kappa shape index (κ2) is 8.15. The lowest BCUT2D eigenvalue weighted by atomic mass is 10.1. The predicted molar refractivity (Wildman–Crippen MR) is 116 cm³/mol. The Morgan fingerprint density at radius 3 is 2.72 bits per heavy atom. The van der Waals surface area contributed by atoms with Gasteiger partial charge in [0.25, 0.3) is 5.91 Å². The molecule has 1 amide bonds. The lowest BCUT2D eigenvalue weighted by Crippen LogP contribution is -2.86. The van der Waals surface area contributed by atoms with Crippen LogP contribution in [0, 0.1) is 0 Å². The van der Waals surface area contributed by atoms with Crippen LogP contribution in [0.3, 0.4) is 0 Å². The van der Waals surface area contributed by atoms with E-state index in [-0.39, 0.29) is 18.5 Å². The van der Waals surface area contributed by atoms with Gasteiger partial charge in [-0.05, 0) is 31.2 Å². The fraction of sp³-hybridized carbons (Fsp3) is 0.174. The summed E-state index contributed by atoms with van der Waals surface area (Å²) in [6.07, 6.45) is 0. The van der Waals surface area contributed by atoms with Gasteiger partial charge in [-0.3, -0.25) is 4.79 Å². The maximum atomic E-state index is 12.5. The smallest absolute Gasteiger partial charge is 0.279 e. The first-order chi connectivity index (χ1) is 14.0. The Morgan fingerprint density at radius 2 is 1.93 bits per heavy atom. The van der Waals surface area contributed by atoms with Crippen molar-refractivity contribution in [3.8, 4) is 5.75 Å². The molecule has 0 aliphatic rings. The highest BCUT2D eigenvalue weighted by atomic mass is 35.5. The number of nitrogens with two attached hydrogens (primary N) is 1. The molecule has 0 aliphatic heterocycles. The summed E-state index contributed by atoms with van der Waals surface area (Å²) < 4.78 is 11.4. The van der Waals surface area contributed by atoms with E-state index in [4.69, 9.17) is 20.8 Å². The third-order valence-corrected chi connectivity index (χ3v) is 5.24. The molecule has 6 heteroatoms. The van der Waals surface area contributed by atoms with Gasteiger partial charge in [-0.2, -0.15) is 0 Å². The van der Waals surface area contributed by atoms with E-state index in [0.717, 1.165) is 21.9 Å². The number of para-hydroxylation sites is 1. The first kappa shape index (κ1) is 19.3. The molecule has 1 heterocycles. The van der Waals surface area contributed by atoms with Crippen molar-refractivity contribution in [1.29, 1.82) is 0 Å². The van der Waals surface area contributed by atoms with Crippen molar-refractivity contribution in [3.05, 3.63) is 71.2 Å². The quantitative estimate of drug-likeness (QED) is 0.492. The van der Waals surface area contributed by atoms with Crippen LogP contribution in [0.4, 0.5) is 5.69 Å². The van der Waals surface area contributed by atoms with E-state index in [1.54, 1.807) is 7.11 Å². The summed E-state index contributed by atoms with van der Waals surface area (Å²) in [4.78, 5) is 12.5. The topological polar surface area (TPSA) is 68.1 Å². The van der Waals surface area contributed by atoms with Crippen LogP contribution in [0.15, 0.2) is 65.1 Å². The summed E-state index contributed by atoms with van der Waals surface area (Å²) >= 11 is 6.05. The number of quaternary nitrogens is 1. The van der Waals surface area contributed by atoms with Gasteiger partial charge in [0.1, 0.15) is 23.0 Å². The van der Waals surface area contributed by atoms with Gasteiger partial charge in [-0.15, -0.1) is 0 Å². The Hall–Kier alpha value is -3.02. The van der Waals surface area contributed by atoms with Crippen LogP contribution in [-0.2, 0) is 4.79 Å². The van der Waals surface area contributed by atoms with Crippen molar-refractivity contribution in [2.75, 3.05) is 19.0 Å². The Kier molecular flexibility index (Phi) is 5.43. The number of fused-ring (bicyclic) bond motifs is 3. The zero-order valence-electron chi connectivity index (χ0n) is 16.2. The van der Waals surface area contributed by atoms with Crippen molar-refractivity contribution in [1.82, 2.24) is 0 Å². The van der Waals surface area contributed by atoms with Crippen LogP contribution in [0.1, 0.15) is 18.5 Å². The van der Waals surface area contributed by atoms with E-state index in [1.165, 1.54) is 0 Å². The number of rotatable bonds is 6. The molecule has 0 bridgehead atoms. The minimum Gasteiger partial charge on any atom is -0.495 e. The fourth-order valence-corrected chi connectivity index (χ4v) is 3.63. The molecule has 3 aromatic carbocycles. The lowest BCUT2D eigenvalue weighted by Gasteiger charge is -2.13. The molecule has 0 fully saturated rings. The number of hydrogen-bond acceptors (Lipinski definition) is 3. The Bertz CT molecular complexity index is 1190. The average Bonchev–Trinajstić information content (AvgIpc) is 3.08. The number of amides is 1. The number of furan rings is 1. The normalized spacial score (nSPS) is 12.2. The second-order valence-electron chi connectivity index (χ2n) is 6.98. The van der Waals surface area contributed by atoms with E-state index < -0.39 is 0 Å². The first-order valence-corrected chi connectivity index (χ1v) is 9.81. The Morgan fingerprint density at radius 1 is 1.10 bits per heavy atom. The van der Waals surface area contributed by atoms with Gasteiger partial charge in [0, 0.05) is 27.4 Å². The zero-order valence-corrected chi connectivity index (χ0v) is 17.0. The number of carbonyl (C=O) groups is 1. The summed E-state index contributed by atoms with van der Waals surface area (Å²) in [6.45, 7) is 2.31. The summed E-state index contributed by atoms with van der Waals surface area (Å²) in [5.41, 5.74) is 3.18. The van der Waals surface area contributed by atoms with Crippen LogP contribution < -0.4 is 15.4 Å². The highest BCUT2D eigenvalue weighted by Gasteiger charge is 2.16. The standard InChI is InChI=1S/C23H21ClN2O3/c1-14(15-6-5-7-16(24)10-15)25-13-23(27)26-19-12-21-18(11-22(19)28-2)17-8-3-4-9-20(17)29-21/h3-12,14,25H,13H2,1-2H3,(H,26,27)/p+1/t14-/m0/s1. The van der Waals surface area contributed by atoms with Crippen molar-refractivity contribution in [3.63, 3.8) is 0 Å². The minimum absolute atomic E-state index is 0.110. The number of hydrogen-bond donors (Lipinski definition) is 2. The van der Waals surface area contributed by atoms with E-state index in [1.807, 2.05) is 72.9 Å². The number of methoxy groups -OCH3 is 1. The summed E-state index contributed by atoms with van der Waals surface area (Å²) in [5.74, 6) is 0.480. The van der Waals surface area contributed by atoms with Gasteiger partial charge < -0.3 is 19.8 Å². The lowest BCUT2D eigenvalue weighted by molar-refractivity contribution is -0.682. The van der Waals surface area contributed by atoms with Crippen LogP contribution in [-0.4, -0.2) is 19.6 Å². The molecule has 0 unspecified atom stereocenters. The molecule has 0 aliphatic carbocycles. The van der Waals surface area contributed by atoms with Gasteiger partial charge in [-0.1, -0.05) is 41.9 Å². The summed E-state index contributed by atoms with van der Waals surface area (Å²) in [6, 6.07) is 19.3. The van der Waals surface area contributed by atoms with E-state index in [0.29, 0.717) is 22.0 Å². The fourth-order valence-electron chi connectivity index (χ4n) is 3.43. The minimum atomic E-state index is -0.118. The predicted octanol–water partition coefficient (Wildman–Crippen LogP) is 4.51.